The average Bonchev–Trinajstić information content (AvgIpc) is 2.96. The number of aryl methyl sites for hydroxylation is 1. The molecule has 0 bridgehead atoms. The molecule has 2 aromatic carbocycles. The van der Waals surface area contributed by atoms with E-state index < -0.39 is 0 Å². The number of thiazole rings is 1. The molecule has 1 N–H and O–H groups in total. The minimum Gasteiger partial charge on any atom is -0.496 e. The number of aromatic nitrogens is 1. The van der Waals surface area contributed by atoms with Gasteiger partial charge in [-0.05, 0) is 38.1 Å². The number of carbonyl (C=O) groups excluding carboxylic acids is 1. The van der Waals surface area contributed by atoms with Crippen molar-refractivity contribution in [3.63, 3.8) is 0 Å². The highest BCUT2D eigenvalue weighted by Gasteiger charge is 2.12. The van der Waals surface area contributed by atoms with Crippen molar-refractivity contribution in [3.8, 4) is 11.5 Å². The number of hydrogen-bond donors (Lipinski definition) is 1. The number of amides is 1. The maximum absolute atomic E-state index is 12.4. The van der Waals surface area contributed by atoms with Crippen LogP contribution in [0.5, 0.6) is 11.5 Å². The van der Waals surface area contributed by atoms with E-state index in [-0.39, 0.29) is 12.3 Å². The Balaban J connectivity index is 1.74. The quantitative estimate of drug-likeness (QED) is 0.719. The summed E-state index contributed by atoms with van der Waals surface area (Å²) in [6, 6.07) is 11.5. The van der Waals surface area contributed by atoms with Crippen LogP contribution in [0.25, 0.3) is 10.2 Å². The molecule has 0 radical (unpaired) electrons. The van der Waals surface area contributed by atoms with Gasteiger partial charge in [0.15, 0.2) is 5.13 Å². The van der Waals surface area contributed by atoms with Gasteiger partial charge in [-0.15, -0.1) is 0 Å². The molecular formula is C19H20N2O3S. The largest absolute Gasteiger partial charge is 0.496 e. The van der Waals surface area contributed by atoms with Gasteiger partial charge in [0, 0.05) is 5.56 Å². The van der Waals surface area contributed by atoms with Gasteiger partial charge in [0.25, 0.3) is 0 Å². The third kappa shape index (κ3) is 4.09. The second-order valence-electron chi connectivity index (χ2n) is 5.62. The van der Waals surface area contributed by atoms with E-state index >= 15 is 0 Å². The summed E-state index contributed by atoms with van der Waals surface area (Å²) in [5.74, 6) is 1.40. The Hall–Kier alpha value is -2.60. The SMILES string of the molecule is CCOc1ccc2nc(NC(=O)Cc3cc(C)ccc3OC)sc2c1. The Morgan fingerprint density at radius 3 is 2.84 bits per heavy atom. The fourth-order valence-electron chi connectivity index (χ4n) is 2.60. The Bertz CT molecular complexity index is 905. The van der Waals surface area contributed by atoms with Gasteiger partial charge in [-0.25, -0.2) is 4.98 Å². The molecule has 0 saturated carbocycles. The molecule has 0 aliphatic carbocycles. The van der Waals surface area contributed by atoms with Crippen molar-refractivity contribution >= 4 is 32.6 Å². The van der Waals surface area contributed by atoms with Gasteiger partial charge in [-0.3, -0.25) is 4.79 Å². The summed E-state index contributed by atoms with van der Waals surface area (Å²) in [5, 5.41) is 3.46. The van der Waals surface area contributed by atoms with E-state index in [0.29, 0.717) is 17.5 Å². The summed E-state index contributed by atoms with van der Waals surface area (Å²) in [4.78, 5) is 16.8. The topological polar surface area (TPSA) is 60.5 Å². The van der Waals surface area contributed by atoms with Gasteiger partial charge in [0.1, 0.15) is 11.5 Å². The molecule has 3 aromatic rings. The normalized spacial score (nSPS) is 10.7. The van der Waals surface area contributed by atoms with Gasteiger partial charge in [0.05, 0.1) is 30.4 Å². The van der Waals surface area contributed by atoms with Gasteiger partial charge < -0.3 is 14.8 Å². The number of benzene rings is 2. The summed E-state index contributed by atoms with van der Waals surface area (Å²) in [6.07, 6.45) is 0.241. The second-order valence-corrected chi connectivity index (χ2v) is 6.65. The smallest absolute Gasteiger partial charge is 0.230 e. The molecule has 0 unspecified atom stereocenters. The lowest BCUT2D eigenvalue weighted by Crippen LogP contribution is -2.14. The number of nitrogens with zero attached hydrogens (tertiary/aromatic N) is 1. The van der Waals surface area contributed by atoms with Crippen molar-refractivity contribution in [3.05, 3.63) is 47.5 Å². The highest BCUT2D eigenvalue weighted by atomic mass is 32.1. The number of carbonyl (C=O) groups is 1. The van der Waals surface area contributed by atoms with E-state index in [1.165, 1.54) is 11.3 Å². The highest BCUT2D eigenvalue weighted by Crippen LogP contribution is 2.29. The lowest BCUT2D eigenvalue weighted by Gasteiger charge is -2.09. The van der Waals surface area contributed by atoms with Gasteiger partial charge in [0.2, 0.25) is 5.91 Å². The van der Waals surface area contributed by atoms with Crippen LogP contribution in [0, 0.1) is 6.92 Å². The molecule has 6 heteroatoms. The second kappa shape index (κ2) is 7.53. The molecule has 5 nitrogen and oxygen atoms in total. The molecule has 0 fully saturated rings. The van der Waals surface area contributed by atoms with Crippen molar-refractivity contribution in [2.45, 2.75) is 20.3 Å². The zero-order valence-electron chi connectivity index (χ0n) is 14.5. The van der Waals surface area contributed by atoms with Crippen LogP contribution in [0.4, 0.5) is 5.13 Å². The highest BCUT2D eigenvalue weighted by molar-refractivity contribution is 7.22. The third-order valence-electron chi connectivity index (χ3n) is 3.70. The molecule has 3 rings (SSSR count). The first-order valence-electron chi connectivity index (χ1n) is 8.06. The van der Waals surface area contributed by atoms with Crippen LogP contribution in [0.1, 0.15) is 18.1 Å². The van der Waals surface area contributed by atoms with Crippen molar-refractivity contribution in [1.82, 2.24) is 4.98 Å². The van der Waals surface area contributed by atoms with Crippen molar-refractivity contribution in [2.24, 2.45) is 0 Å². The fourth-order valence-corrected chi connectivity index (χ4v) is 3.51. The standard InChI is InChI=1S/C19H20N2O3S/c1-4-24-14-6-7-15-17(11-14)25-19(20-15)21-18(22)10-13-9-12(2)5-8-16(13)23-3/h5-9,11H,4,10H2,1-3H3,(H,20,21,22). The number of fused-ring (bicyclic) bond motifs is 1. The lowest BCUT2D eigenvalue weighted by atomic mass is 10.1. The van der Waals surface area contributed by atoms with Crippen molar-refractivity contribution < 1.29 is 14.3 Å². The van der Waals surface area contributed by atoms with Crippen LogP contribution in [0.3, 0.4) is 0 Å². The first-order chi connectivity index (χ1) is 12.1. The number of hydrogen-bond acceptors (Lipinski definition) is 5. The molecule has 0 aliphatic heterocycles. The van der Waals surface area contributed by atoms with E-state index in [1.54, 1.807) is 7.11 Å². The van der Waals surface area contributed by atoms with Crippen LogP contribution >= 0.6 is 11.3 Å². The summed E-state index contributed by atoms with van der Waals surface area (Å²) in [7, 11) is 1.61. The zero-order chi connectivity index (χ0) is 17.8. The first-order valence-corrected chi connectivity index (χ1v) is 8.87. The van der Waals surface area contributed by atoms with E-state index in [2.05, 4.69) is 10.3 Å². The van der Waals surface area contributed by atoms with Crippen LogP contribution in [0.2, 0.25) is 0 Å². The number of rotatable bonds is 6. The number of nitrogens with one attached hydrogen (secondary N) is 1. The fraction of sp³-hybridized carbons (Fsp3) is 0.263. The van der Waals surface area contributed by atoms with E-state index in [0.717, 1.165) is 27.1 Å². The molecule has 1 amide bonds. The number of methoxy groups -OCH3 is 1. The Kier molecular flexibility index (Phi) is 5.19. The molecule has 1 heterocycles. The molecular weight excluding hydrogens is 336 g/mol. The van der Waals surface area contributed by atoms with Crippen LogP contribution in [-0.4, -0.2) is 24.6 Å². The van der Waals surface area contributed by atoms with Gasteiger partial charge >= 0.3 is 0 Å². The molecule has 25 heavy (non-hydrogen) atoms. The van der Waals surface area contributed by atoms with E-state index in [1.807, 2.05) is 50.2 Å². The third-order valence-corrected chi connectivity index (χ3v) is 4.64. The van der Waals surface area contributed by atoms with E-state index in [4.69, 9.17) is 9.47 Å². The van der Waals surface area contributed by atoms with Gasteiger partial charge in [-0.2, -0.15) is 0 Å². The van der Waals surface area contributed by atoms with E-state index in [9.17, 15) is 4.79 Å². The maximum Gasteiger partial charge on any atom is 0.230 e. The summed E-state index contributed by atoms with van der Waals surface area (Å²) in [6.45, 7) is 4.55. The van der Waals surface area contributed by atoms with Crippen molar-refractivity contribution in [2.75, 3.05) is 19.0 Å². The van der Waals surface area contributed by atoms with Gasteiger partial charge in [-0.1, -0.05) is 29.0 Å². The maximum atomic E-state index is 12.4. The minimum absolute atomic E-state index is 0.118. The zero-order valence-corrected chi connectivity index (χ0v) is 15.3. The average molecular weight is 356 g/mol. The summed E-state index contributed by atoms with van der Waals surface area (Å²) >= 11 is 1.43. The Morgan fingerprint density at radius 1 is 1.24 bits per heavy atom. The Morgan fingerprint density at radius 2 is 2.08 bits per heavy atom. The van der Waals surface area contributed by atoms with Crippen LogP contribution in [0.15, 0.2) is 36.4 Å². The molecule has 130 valence electrons. The van der Waals surface area contributed by atoms with Crippen LogP contribution < -0.4 is 14.8 Å². The number of anilines is 1. The predicted octanol–water partition coefficient (Wildman–Crippen LogP) is 4.19. The monoisotopic (exact) mass is 356 g/mol. The van der Waals surface area contributed by atoms with Crippen molar-refractivity contribution in [1.29, 1.82) is 0 Å². The molecule has 0 aliphatic rings. The molecule has 0 atom stereocenters. The molecule has 1 aromatic heterocycles. The lowest BCUT2D eigenvalue weighted by molar-refractivity contribution is -0.115. The summed E-state index contributed by atoms with van der Waals surface area (Å²) in [5.41, 5.74) is 2.80. The summed E-state index contributed by atoms with van der Waals surface area (Å²) < 4.78 is 11.8. The molecule has 0 saturated heterocycles. The predicted molar refractivity (Wildman–Crippen MR) is 101 cm³/mol. The minimum atomic E-state index is -0.118. The number of ether oxygens (including phenoxy) is 2. The molecule has 0 spiro atoms. The first kappa shape index (κ1) is 17.2. The van der Waals surface area contributed by atoms with Crippen LogP contribution in [-0.2, 0) is 11.2 Å². The Labute approximate surface area is 150 Å².